The van der Waals surface area contributed by atoms with E-state index in [-0.39, 0.29) is 23.8 Å². The molecule has 0 saturated carbocycles. The first-order valence-corrected chi connectivity index (χ1v) is 7.25. The molecule has 2 aliphatic rings. The molecule has 2 amide bonds. The molecule has 2 fully saturated rings. The van der Waals surface area contributed by atoms with Gasteiger partial charge in [-0.25, -0.2) is 0 Å². The molecule has 2 saturated heterocycles. The number of nitrogens with zero attached hydrogens (tertiary/aromatic N) is 2. The van der Waals surface area contributed by atoms with Gasteiger partial charge < -0.3 is 10.2 Å². The Labute approximate surface area is 123 Å². The molecule has 21 heavy (non-hydrogen) atoms. The molecule has 1 aromatic rings. The van der Waals surface area contributed by atoms with E-state index in [4.69, 9.17) is 0 Å². The maximum absolute atomic E-state index is 12.7. The minimum Gasteiger partial charge on any atom is -0.354 e. The fourth-order valence-corrected chi connectivity index (χ4v) is 3.31. The molecule has 3 rings (SSSR count). The van der Waals surface area contributed by atoms with E-state index in [1.807, 2.05) is 18.2 Å². The van der Waals surface area contributed by atoms with Crippen molar-refractivity contribution >= 4 is 11.8 Å². The first-order chi connectivity index (χ1) is 10.2. The molecule has 3 atom stereocenters. The second kappa shape index (κ2) is 5.57. The third kappa shape index (κ3) is 2.38. The van der Waals surface area contributed by atoms with Crippen LogP contribution in [0, 0.1) is 17.2 Å². The summed E-state index contributed by atoms with van der Waals surface area (Å²) in [6.07, 6.45) is 1.64. The zero-order valence-corrected chi connectivity index (χ0v) is 11.7. The molecule has 1 N–H and O–H groups in total. The third-order valence-corrected chi connectivity index (χ3v) is 4.39. The van der Waals surface area contributed by atoms with Gasteiger partial charge in [0.1, 0.15) is 5.92 Å². The van der Waals surface area contributed by atoms with Crippen LogP contribution in [0.3, 0.4) is 0 Å². The van der Waals surface area contributed by atoms with Crippen molar-refractivity contribution in [1.82, 2.24) is 10.2 Å². The SMILES string of the molecule is N#CC(C(=O)N1CCCC2C(=O)NCC21)c1ccccc1. The number of carbonyl (C=O) groups is 2. The number of nitrogens with one attached hydrogen (secondary N) is 1. The number of carbonyl (C=O) groups excluding carboxylic acids is 2. The molecule has 0 aromatic heterocycles. The van der Waals surface area contributed by atoms with Crippen molar-refractivity contribution in [2.45, 2.75) is 24.8 Å². The van der Waals surface area contributed by atoms with Gasteiger partial charge in [-0.05, 0) is 18.4 Å². The lowest BCUT2D eigenvalue weighted by atomic mass is 9.89. The largest absolute Gasteiger partial charge is 0.354 e. The summed E-state index contributed by atoms with van der Waals surface area (Å²) in [6.45, 7) is 1.13. The van der Waals surface area contributed by atoms with E-state index in [9.17, 15) is 14.9 Å². The van der Waals surface area contributed by atoms with Gasteiger partial charge in [-0.15, -0.1) is 0 Å². The number of hydrogen-bond donors (Lipinski definition) is 1. The quantitative estimate of drug-likeness (QED) is 0.881. The summed E-state index contributed by atoms with van der Waals surface area (Å²) in [6, 6.07) is 11.1. The monoisotopic (exact) mass is 283 g/mol. The van der Waals surface area contributed by atoms with E-state index in [0.29, 0.717) is 18.7 Å². The van der Waals surface area contributed by atoms with Gasteiger partial charge in [-0.1, -0.05) is 30.3 Å². The van der Waals surface area contributed by atoms with Crippen LogP contribution in [-0.2, 0) is 9.59 Å². The summed E-state index contributed by atoms with van der Waals surface area (Å²) in [4.78, 5) is 26.2. The average Bonchev–Trinajstić information content (AvgIpc) is 2.91. The highest BCUT2D eigenvalue weighted by Crippen LogP contribution is 2.30. The van der Waals surface area contributed by atoms with Crippen molar-refractivity contribution in [1.29, 1.82) is 5.26 Å². The van der Waals surface area contributed by atoms with Gasteiger partial charge in [0, 0.05) is 13.1 Å². The second-order valence-corrected chi connectivity index (χ2v) is 5.57. The highest BCUT2D eigenvalue weighted by atomic mass is 16.2. The molecule has 108 valence electrons. The fraction of sp³-hybridized carbons (Fsp3) is 0.438. The van der Waals surface area contributed by atoms with E-state index < -0.39 is 5.92 Å². The van der Waals surface area contributed by atoms with Crippen molar-refractivity contribution in [3.8, 4) is 6.07 Å². The van der Waals surface area contributed by atoms with Crippen molar-refractivity contribution < 1.29 is 9.59 Å². The van der Waals surface area contributed by atoms with Crippen LogP contribution in [0.25, 0.3) is 0 Å². The van der Waals surface area contributed by atoms with Crippen LogP contribution in [-0.4, -0.2) is 35.8 Å². The topological polar surface area (TPSA) is 73.2 Å². The molecule has 3 unspecified atom stereocenters. The van der Waals surface area contributed by atoms with Gasteiger partial charge in [0.15, 0.2) is 0 Å². The molecule has 0 radical (unpaired) electrons. The Morgan fingerprint density at radius 2 is 2.14 bits per heavy atom. The number of nitriles is 1. The Morgan fingerprint density at radius 1 is 1.38 bits per heavy atom. The first-order valence-electron chi connectivity index (χ1n) is 7.25. The number of hydrogen-bond acceptors (Lipinski definition) is 3. The first kappa shape index (κ1) is 13.6. The van der Waals surface area contributed by atoms with E-state index in [0.717, 1.165) is 12.8 Å². The minimum atomic E-state index is -0.791. The molecule has 5 nitrogen and oxygen atoms in total. The third-order valence-electron chi connectivity index (χ3n) is 4.39. The normalized spacial score (nSPS) is 25.7. The van der Waals surface area contributed by atoms with E-state index in [2.05, 4.69) is 11.4 Å². The maximum atomic E-state index is 12.7. The summed E-state index contributed by atoms with van der Waals surface area (Å²) < 4.78 is 0. The lowest BCUT2D eigenvalue weighted by Crippen LogP contribution is -2.50. The van der Waals surface area contributed by atoms with Crippen molar-refractivity contribution in [2.75, 3.05) is 13.1 Å². The maximum Gasteiger partial charge on any atom is 0.244 e. The van der Waals surface area contributed by atoms with E-state index in [1.165, 1.54) is 0 Å². The smallest absolute Gasteiger partial charge is 0.244 e. The molecule has 0 bridgehead atoms. The number of rotatable bonds is 2. The summed E-state index contributed by atoms with van der Waals surface area (Å²) >= 11 is 0. The second-order valence-electron chi connectivity index (χ2n) is 5.57. The number of fused-ring (bicyclic) bond motifs is 1. The predicted octanol–water partition coefficient (Wildman–Crippen LogP) is 1.03. The van der Waals surface area contributed by atoms with Crippen LogP contribution in [0.15, 0.2) is 30.3 Å². The number of piperidine rings is 1. The molecule has 0 aliphatic carbocycles. The lowest BCUT2D eigenvalue weighted by molar-refractivity contribution is -0.137. The molecule has 0 spiro atoms. The van der Waals surface area contributed by atoms with Crippen LogP contribution < -0.4 is 5.32 Å². The van der Waals surface area contributed by atoms with Crippen molar-refractivity contribution in [2.24, 2.45) is 5.92 Å². The van der Waals surface area contributed by atoms with Gasteiger partial charge in [0.05, 0.1) is 18.0 Å². The van der Waals surface area contributed by atoms with Crippen LogP contribution in [0.4, 0.5) is 0 Å². The Bertz CT molecular complexity index is 593. The highest BCUT2D eigenvalue weighted by Gasteiger charge is 2.44. The van der Waals surface area contributed by atoms with Gasteiger partial charge in [-0.2, -0.15) is 5.26 Å². The molecular weight excluding hydrogens is 266 g/mol. The highest BCUT2D eigenvalue weighted by molar-refractivity contribution is 5.89. The Balaban J connectivity index is 1.84. The number of benzene rings is 1. The Morgan fingerprint density at radius 3 is 2.86 bits per heavy atom. The number of amides is 2. The summed E-state index contributed by atoms with van der Waals surface area (Å²) in [5, 5.41) is 12.2. The van der Waals surface area contributed by atoms with Gasteiger partial charge >= 0.3 is 0 Å². The summed E-state index contributed by atoms with van der Waals surface area (Å²) in [7, 11) is 0. The van der Waals surface area contributed by atoms with Gasteiger partial charge in [0.25, 0.3) is 0 Å². The molecule has 2 aliphatic heterocycles. The zero-order valence-electron chi connectivity index (χ0n) is 11.7. The molecule has 5 heteroatoms. The number of likely N-dealkylation sites (tertiary alicyclic amines) is 1. The van der Waals surface area contributed by atoms with Crippen LogP contribution in [0.1, 0.15) is 24.3 Å². The Hall–Kier alpha value is -2.35. The lowest BCUT2D eigenvalue weighted by Gasteiger charge is -2.37. The molecular formula is C16H17N3O2. The van der Waals surface area contributed by atoms with Crippen LogP contribution in [0.2, 0.25) is 0 Å². The zero-order chi connectivity index (χ0) is 14.8. The predicted molar refractivity (Wildman–Crippen MR) is 76.0 cm³/mol. The van der Waals surface area contributed by atoms with Crippen molar-refractivity contribution in [3.63, 3.8) is 0 Å². The van der Waals surface area contributed by atoms with Crippen LogP contribution >= 0.6 is 0 Å². The van der Waals surface area contributed by atoms with Crippen LogP contribution in [0.5, 0.6) is 0 Å². The van der Waals surface area contributed by atoms with Gasteiger partial charge in [-0.3, -0.25) is 9.59 Å². The summed E-state index contributed by atoms with van der Waals surface area (Å²) in [5.41, 5.74) is 0.712. The average molecular weight is 283 g/mol. The fourth-order valence-electron chi connectivity index (χ4n) is 3.31. The van der Waals surface area contributed by atoms with Crippen molar-refractivity contribution in [3.05, 3.63) is 35.9 Å². The van der Waals surface area contributed by atoms with E-state index >= 15 is 0 Å². The molecule has 2 heterocycles. The summed E-state index contributed by atoms with van der Waals surface area (Å²) in [5.74, 6) is -1.06. The Kier molecular flexibility index (Phi) is 3.61. The van der Waals surface area contributed by atoms with Gasteiger partial charge in [0.2, 0.25) is 11.8 Å². The minimum absolute atomic E-state index is 0.0331. The standard InChI is InChI=1S/C16H17N3O2/c17-9-13(11-5-2-1-3-6-11)16(21)19-8-4-7-12-14(19)10-18-15(12)20/h1-3,5-6,12-14H,4,7-8,10H2,(H,18,20). The van der Waals surface area contributed by atoms with E-state index in [1.54, 1.807) is 17.0 Å². The molecule has 1 aromatic carbocycles.